The number of hydrogen-bond acceptors (Lipinski definition) is 3. The van der Waals surface area contributed by atoms with E-state index in [1.165, 1.54) is 5.56 Å². The van der Waals surface area contributed by atoms with Crippen LogP contribution in [0.15, 0.2) is 48.5 Å². The summed E-state index contributed by atoms with van der Waals surface area (Å²) in [5.41, 5.74) is 2.32. The average molecular weight is 327 g/mol. The quantitative estimate of drug-likeness (QED) is 0.672. The molecule has 0 spiro atoms. The molecule has 0 saturated heterocycles. The second-order valence-electron chi connectivity index (χ2n) is 6.93. The maximum atomic E-state index is 5.70. The van der Waals surface area contributed by atoms with E-state index in [-0.39, 0.29) is 0 Å². The lowest BCUT2D eigenvalue weighted by Gasteiger charge is -2.11. The Hall–Kier alpha value is -2.16. The molecule has 2 aromatic carbocycles. The van der Waals surface area contributed by atoms with E-state index < -0.39 is 0 Å². The van der Waals surface area contributed by atoms with E-state index in [1.807, 2.05) is 24.3 Å². The zero-order valence-corrected chi connectivity index (χ0v) is 15.2. The molecule has 0 saturated carbocycles. The minimum atomic E-state index is 0.537. The number of hydrogen-bond donors (Lipinski definition) is 1. The molecule has 0 aromatic heterocycles. The van der Waals surface area contributed by atoms with Gasteiger partial charge in [-0.1, -0.05) is 39.8 Å². The smallest absolute Gasteiger partial charge is 0.119 e. The molecule has 3 nitrogen and oxygen atoms in total. The third kappa shape index (κ3) is 6.53. The van der Waals surface area contributed by atoms with E-state index in [1.54, 1.807) is 0 Å². The maximum absolute atomic E-state index is 5.70. The van der Waals surface area contributed by atoms with Gasteiger partial charge in [-0.25, -0.2) is 0 Å². The summed E-state index contributed by atoms with van der Waals surface area (Å²) in [6.07, 6.45) is 0. The largest absolute Gasteiger partial charge is 0.493 e. The molecule has 0 aliphatic rings. The van der Waals surface area contributed by atoms with Crippen molar-refractivity contribution in [3.05, 3.63) is 54.1 Å². The summed E-state index contributed by atoms with van der Waals surface area (Å²) in [4.78, 5) is 0. The van der Waals surface area contributed by atoms with Crippen molar-refractivity contribution in [2.45, 2.75) is 34.2 Å². The molecule has 1 N–H and O–H groups in total. The Labute approximate surface area is 146 Å². The van der Waals surface area contributed by atoms with Gasteiger partial charge in [0, 0.05) is 12.2 Å². The monoisotopic (exact) mass is 327 g/mol. The SMILES string of the molecule is CC(C)COc1ccc(CNc2ccc(OCC(C)C)cc2)cc1. The Balaban J connectivity index is 1.80. The van der Waals surface area contributed by atoms with Crippen molar-refractivity contribution < 1.29 is 9.47 Å². The van der Waals surface area contributed by atoms with Gasteiger partial charge in [0.25, 0.3) is 0 Å². The van der Waals surface area contributed by atoms with Crippen molar-refractivity contribution in [2.75, 3.05) is 18.5 Å². The molecule has 0 radical (unpaired) electrons. The minimum absolute atomic E-state index is 0.537. The van der Waals surface area contributed by atoms with Crippen LogP contribution in [0.2, 0.25) is 0 Å². The Morgan fingerprint density at radius 1 is 0.708 bits per heavy atom. The van der Waals surface area contributed by atoms with Crippen LogP contribution >= 0.6 is 0 Å². The molecule has 2 rings (SSSR count). The van der Waals surface area contributed by atoms with E-state index in [2.05, 4.69) is 57.3 Å². The zero-order valence-electron chi connectivity index (χ0n) is 15.2. The Bertz CT molecular complexity index is 533. The Morgan fingerprint density at radius 2 is 1.17 bits per heavy atom. The molecule has 0 heterocycles. The second kappa shape index (κ2) is 9.21. The normalized spacial score (nSPS) is 10.9. The number of rotatable bonds is 9. The van der Waals surface area contributed by atoms with Gasteiger partial charge in [-0.3, -0.25) is 0 Å². The highest BCUT2D eigenvalue weighted by atomic mass is 16.5. The van der Waals surface area contributed by atoms with Gasteiger partial charge in [-0.05, 0) is 53.8 Å². The molecular formula is C21H29NO2. The summed E-state index contributed by atoms with van der Waals surface area (Å²) in [5.74, 6) is 2.93. The number of anilines is 1. The third-order valence-electron chi connectivity index (χ3n) is 3.44. The van der Waals surface area contributed by atoms with Crippen LogP contribution < -0.4 is 14.8 Å². The zero-order chi connectivity index (χ0) is 17.4. The van der Waals surface area contributed by atoms with Crippen molar-refractivity contribution in [3.63, 3.8) is 0 Å². The van der Waals surface area contributed by atoms with Gasteiger partial charge in [0.2, 0.25) is 0 Å². The van der Waals surface area contributed by atoms with Crippen molar-refractivity contribution in [2.24, 2.45) is 11.8 Å². The molecular weight excluding hydrogens is 298 g/mol. The number of ether oxygens (including phenoxy) is 2. The fourth-order valence-corrected chi connectivity index (χ4v) is 2.10. The summed E-state index contributed by atoms with van der Waals surface area (Å²) in [7, 11) is 0. The Morgan fingerprint density at radius 3 is 1.62 bits per heavy atom. The van der Waals surface area contributed by atoms with Crippen LogP contribution in [-0.2, 0) is 6.54 Å². The fourth-order valence-electron chi connectivity index (χ4n) is 2.10. The molecule has 0 fully saturated rings. The highest BCUT2D eigenvalue weighted by Gasteiger charge is 2.00. The molecule has 3 heteroatoms. The van der Waals surface area contributed by atoms with Crippen molar-refractivity contribution in [3.8, 4) is 11.5 Å². The fraction of sp³-hybridized carbons (Fsp3) is 0.429. The highest BCUT2D eigenvalue weighted by Crippen LogP contribution is 2.18. The minimum Gasteiger partial charge on any atom is -0.493 e. The Kier molecular flexibility index (Phi) is 6.98. The van der Waals surface area contributed by atoms with Crippen LogP contribution in [-0.4, -0.2) is 13.2 Å². The lowest BCUT2D eigenvalue weighted by Crippen LogP contribution is -2.05. The first-order valence-electron chi connectivity index (χ1n) is 8.71. The number of nitrogens with one attached hydrogen (secondary N) is 1. The summed E-state index contributed by atoms with van der Waals surface area (Å²) in [5, 5.41) is 3.43. The lowest BCUT2D eigenvalue weighted by molar-refractivity contribution is 0.271. The van der Waals surface area contributed by atoms with Crippen LogP contribution in [0.3, 0.4) is 0 Å². The van der Waals surface area contributed by atoms with E-state index in [0.29, 0.717) is 11.8 Å². The average Bonchev–Trinajstić information content (AvgIpc) is 2.58. The van der Waals surface area contributed by atoms with Crippen LogP contribution in [0.1, 0.15) is 33.3 Å². The van der Waals surface area contributed by atoms with Crippen LogP contribution in [0, 0.1) is 11.8 Å². The van der Waals surface area contributed by atoms with Crippen LogP contribution in [0.5, 0.6) is 11.5 Å². The van der Waals surface area contributed by atoms with E-state index in [0.717, 1.165) is 36.9 Å². The first-order chi connectivity index (χ1) is 11.5. The van der Waals surface area contributed by atoms with Gasteiger partial charge in [0.15, 0.2) is 0 Å². The molecule has 2 aromatic rings. The van der Waals surface area contributed by atoms with Gasteiger partial charge in [-0.15, -0.1) is 0 Å². The van der Waals surface area contributed by atoms with E-state index in [9.17, 15) is 0 Å². The first kappa shape index (κ1) is 18.2. The van der Waals surface area contributed by atoms with Gasteiger partial charge in [0.1, 0.15) is 11.5 Å². The predicted octanol–water partition coefficient (Wildman–Crippen LogP) is 5.37. The molecule has 0 amide bonds. The van der Waals surface area contributed by atoms with Gasteiger partial charge >= 0.3 is 0 Å². The standard InChI is InChI=1S/C21H29NO2/c1-16(2)14-23-20-9-5-18(6-10-20)13-22-19-7-11-21(12-8-19)24-15-17(3)4/h5-12,16-17,22H,13-15H2,1-4H3. The second-order valence-corrected chi connectivity index (χ2v) is 6.93. The summed E-state index contributed by atoms with van der Waals surface area (Å²) in [6, 6.07) is 16.4. The number of benzene rings is 2. The molecule has 0 aliphatic heterocycles. The van der Waals surface area contributed by atoms with E-state index in [4.69, 9.17) is 9.47 Å². The topological polar surface area (TPSA) is 30.5 Å². The molecule has 130 valence electrons. The first-order valence-corrected chi connectivity index (χ1v) is 8.71. The van der Waals surface area contributed by atoms with Crippen molar-refractivity contribution in [1.29, 1.82) is 0 Å². The predicted molar refractivity (Wildman–Crippen MR) is 101 cm³/mol. The molecule has 0 aliphatic carbocycles. The lowest BCUT2D eigenvalue weighted by atomic mass is 10.2. The molecule has 0 atom stereocenters. The van der Waals surface area contributed by atoms with Gasteiger partial charge < -0.3 is 14.8 Å². The summed E-state index contributed by atoms with van der Waals surface area (Å²) in [6.45, 7) is 10.9. The van der Waals surface area contributed by atoms with Gasteiger partial charge in [-0.2, -0.15) is 0 Å². The molecule has 0 bridgehead atoms. The third-order valence-corrected chi connectivity index (χ3v) is 3.44. The maximum Gasteiger partial charge on any atom is 0.119 e. The van der Waals surface area contributed by atoms with Gasteiger partial charge in [0.05, 0.1) is 13.2 Å². The molecule has 0 unspecified atom stereocenters. The molecule has 24 heavy (non-hydrogen) atoms. The summed E-state index contributed by atoms with van der Waals surface area (Å²) < 4.78 is 11.4. The van der Waals surface area contributed by atoms with Crippen molar-refractivity contribution >= 4 is 5.69 Å². The van der Waals surface area contributed by atoms with Crippen LogP contribution in [0.25, 0.3) is 0 Å². The van der Waals surface area contributed by atoms with Crippen molar-refractivity contribution in [1.82, 2.24) is 0 Å². The van der Waals surface area contributed by atoms with E-state index >= 15 is 0 Å². The summed E-state index contributed by atoms with van der Waals surface area (Å²) >= 11 is 0. The highest BCUT2D eigenvalue weighted by molar-refractivity contribution is 5.47. The van der Waals surface area contributed by atoms with Crippen LogP contribution in [0.4, 0.5) is 5.69 Å².